The minimum Gasteiger partial charge on any atom is -0.396 e. The van der Waals surface area contributed by atoms with Crippen molar-refractivity contribution in [3.05, 3.63) is 58.0 Å². The highest BCUT2D eigenvalue weighted by Crippen LogP contribution is 2.23. The Morgan fingerprint density at radius 3 is 2.62 bits per heavy atom. The molecular formula is C14H16FNO3S2. The number of sulfonamides is 1. The van der Waals surface area contributed by atoms with E-state index < -0.39 is 27.6 Å². The number of hydrogen-bond donors (Lipinski definition) is 2. The Hall–Kier alpha value is -1.28. The first-order valence-electron chi connectivity index (χ1n) is 6.39. The molecule has 2 N–H and O–H groups in total. The van der Waals surface area contributed by atoms with Gasteiger partial charge in [-0.05, 0) is 23.9 Å². The van der Waals surface area contributed by atoms with Crippen molar-refractivity contribution in [3.63, 3.8) is 0 Å². The molecule has 2 aromatic rings. The standard InChI is InChI=1S/C14H16FNO3S2/c15-12-5-2-1-4-11(12)10-21(18,19)16-13(7-8-17)14-6-3-9-20-14/h1-6,9,13,16-17H,7-8,10H2/t13-/m1/s1. The maximum Gasteiger partial charge on any atom is 0.216 e. The zero-order valence-corrected chi connectivity index (χ0v) is 12.8. The second kappa shape index (κ2) is 7.13. The van der Waals surface area contributed by atoms with Gasteiger partial charge in [-0.25, -0.2) is 17.5 Å². The smallest absolute Gasteiger partial charge is 0.216 e. The highest BCUT2D eigenvalue weighted by atomic mass is 32.2. The van der Waals surface area contributed by atoms with Gasteiger partial charge in [0, 0.05) is 17.0 Å². The van der Waals surface area contributed by atoms with Crippen LogP contribution in [0.3, 0.4) is 0 Å². The number of thiophene rings is 1. The fourth-order valence-electron chi connectivity index (χ4n) is 1.96. The summed E-state index contributed by atoms with van der Waals surface area (Å²) in [7, 11) is -3.70. The van der Waals surface area contributed by atoms with E-state index in [1.165, 1.54) is 29.5 Å². The third-order valence-corrected chi connectivity index (χ3v) is 5.25. The van der Waals surface area contributed by atoms with Gasteiger partial charge in [-0.15, -0.1) is 11.3 Å². The molecular weight excluding hydrogens is 313 g/mol. The van der Waals surface area contributed by atoms with Crippen LogP contribution < -0.4 is 4.72 Å². The van der Waals surface area contributed by atoms with Crippen LogP contribution >= 0.6 is 11.3 Å². The van der Waals surface area contributed by atoms with Crippen LogP contribution in [0.5, 0.6) is 0 Å². The van der Waals surface area contributed by atoms with Gasteiger partial charge in [0.1, 0.15) is 5.82 Å². The zero-order valence-electron chi connectivity index (χ0n) is 11.2. The summed E-state index contributed by atoms with van der Waals surface area (Å²) in [4.78, 5) is 0.821. The molecule has 0 bridgehead atoms. The molecule has 0 aliphatic carbocycles. The van der Waals surface area contributed by atoms with Gasteiger partial charge in [0.15, 0.2) is 0 Å². The normalized spacial score (nSPS) is 13.2. The van der Waals surface area contributed by atoms with Gasteiger partial charge >= 0.3 is 0 Å². The molecule has 0 aliphatic rings. The molecule has 1 aromatic heterocycles. The van der Waals surface area contributed by atoms with E-state index in [4.69, 9.17) is 5.11 Å². The second-order valence-electron chi connectivity index (χ2n) is 4.55. The summed E-state index contributed by atoms with van der Waals surface area (Å²) in [5.74, 6) is -0.967. The summed E-state index contributed by atoms with van der Waals surface area (Å²) in [6, 6.07) is 8.91. The van der Waals surface area contributed by atoms with Crippen LogP contribution in [-0.4, -0.2) is 20.1 Å². The highest BCUT2D eigenvalue weighted by Gasteiger charge is 2.21. The van der Waals surface area contributed by atoms with Crippen LogP contribution in [0.1, 0.15) is 22.9 Å². The average Bonchev–Trinajstić information content (AvgIpc) is 2.94. The number of nitrogens with one attached hydrogen (secondary N) is 1. The molecule has 1 aromatic carbocycles. The van der Waals surface area contributed by atoms with E-state index in [-0.39, 0.29) is 18.6 Å². The molecule has 7 heteroatoms. The van der Waals surface area contributed by atoms with Crippen molar-refractivity contribution < 1.29 is 17.9 Å². The Labute approximate surface area is 127 Å². The minimum absolute atomic E-state index is 0.124. The average molecular weight is 329 g/mol. The lowest BCUT2D eigenvalue weighted by atomic mass is 10.2. The van der Waals surface area contributed by atoms with E-state index in [0.717, 1.165) is 4.88 Å². The molecule has 0 fully saturated rings. The van der Waals surface area contributed by atoms with Crippen LogP contribution in [0.25, 0.3) is 0 Å². The summed E-state index contributed by atoms with van der Waals surface area (Å²) >= 11 is 1.41. The number of benzene rings is 1. The van der Waals surface area contributed by atoms with Crippen molar-refractivity contribution >= 4 is 21.4 Å². The van der Waals surface area contributed by atoms with E-state index in [0.29, 0.717) is 0 Å². The molecule has 1 atom stereocenters. The van der Waals surface area contributed by atoms with Gasteiger partial charge in [-0.2, -0.15) is 0 Å². The van der Waals surface area contributed by atoms with E-state index in [9.17, 15) is 12.8 Å². The molecule has 0 amide bonds. The van der Waals surface area contributed by atoms with Gasteiger partial charge in [0.05, 0.1) is 11.8 Å². The van der Waals surface area contributed by atoms with Crippen LogP contribution in [0, 0.1) is 5.82 Å². The van der Waals surface area contributed by atoms with E-state index >= 15 is 0 Å². The van der Waals surface area contributed by atoms with Crippen molar-refractivity contribution in [3.8, 4) is 0 Å². The largest absolute Gasteiger partial charge is 0.396 e. The van der Waals surface area contributed by atoms with Crippen molar-refractivity contribution in [1.29, 1.82) is 0 Å². The van der Waals surface area contributed by atoms with E-state index in [2.05, 4.69) is 4.72 Å². The lowest BCUT2D eigenvalue weighted by molar-refractivity contribution is 0.273. The predicted molar refractivity (Wildman–Crippen MR) is 80.9 cm³/mol. The Morgan fingerprint density at radius 2 is 2.00 bits per heavy atom. The van der Waals surface area contributed by atoms with Crippen molar-refractivity contribution in [2.75, 3.05) is 6.61 Å². The third kappa shape index (κ3) is 4.60. The fraction of sp³-hybridized carbons (Fsp3) is 0.286. The summed E-state index contributed by atoms with van der Waals surface area (Å²) in [6.07, 6.45) is 0.275. The van der Waals surface area contributed by atoms with Crippen molar-refractivity contribution in [1.82, 2.24) is 4.72 Å². The first kappa shape index (κ1) is 16.1. The summed E-state index contributed by atoms with van der Waals surface area (Å²) < 4.78 is 40.4. The van der Waals surface area contributed by atoms with Gasteiger partial charge < -0.3 is 5.11 Å². The lowest BCUT2D eigenvalue weighted by Gasteiger charge is -2.16. The number of aliphatic hydroxyl groups excluding tert-OH is 1. The van der Waals surface area contributed by atoms with Crippen LogP contribution in [0.2, 0.25) is 0 Å². The Kier molecular flexibility index (Phi) is 5.46. The predicted octanol–water partition coefficient (Wildman–Crippen LogP) is 2.43. The van der Waals surface area contributed by atoms with E-state index in [1.807, 2.05) is 11.4 Å². The van der Waals surface area contributed by atoms with Crippen LogP contribution in [0.4, 0.5) is 4.39 Å². The lowest BCUT2D eigenvalue weighted by Crippen LogP contribution is -2.30. The van der Waals surface area contributed by atoms with Gasteiger partial charge in [-0.3, -0.25) is 0 Å². The molecule has 4 nitrogen and oxygen atoms in total. The Morgan fingerprint density at radius 1 is 1.24 bits per heavy atom. The molecule has 114 valence electrons. The highest BCUT2D eigenvalue weighted by molar-refractivity contribution is 7.88. The van der Waals surface area contributed by atoms with Crippen molar-refractivity contribution in [2.24, 2.45) is 0 Å². The molecule has 1 heterocycles. The number of halogens is 1. The molecule has 0 aliphatic heterocycles. The molecule has 0 spiro atoms. The molecule has 0 saturated heterocycles. The fourth-order valence-corrected chi connectivity index (χ4v) is 4.25. The van der Waals surface area contributed by atoms with Crippen LogP contribution in [-0.2, 0) is 15.8 Å². The summed E-state index contributed by atoms with van der Waals surface area (Å²) in [5.41, 5.74) is 0.124. The summed E-state index contributed by atoms with van der Waals surface area (Å²) in [5, 5.41) is 10.9. The van der Waals surface area contributed by atoms with Gasteiger partial charge in [-0.1, -0.05) is 24.3 Å². The number of aliphatic hydroxyl groups is 1. The SMILES string of the molecule is O=S(=O)(Cc1ccccc1F)N[C@H](CCO)c1cccs1. The molecule has 2 rings (SSSR count). The van der Waals surface area contributed by atoms with Crippen molar-refractivity contribution in [2.45, 2.75) is 18.2 Å². The first-order chi connectivity index (χ1) is 10.0. The topological polar surface area (TPSA) is 66.4 Å². The van der Waals surface area contributed by atoms with E-state index in [1.54, 1.807) is 12.1 Å². The quantitative estimate of drug-likeness (QED) is 0.820. The summed E-state index contributed by atoms with van der Waals surface area (Å²) in [6.45, 7) is -0.134. The zero-order chi connectivity index (χ0) is 15.3. The molecule has 0 saturated carbocycles. The van der Waals surface area contributed by atoms with Crippen LogP contribution in [0.15, 0.2) is 41.8 Å². The Bertz CT molecular complexity index is 671. The van der Waals surface area contributed by atoms with Gasteiger partial charge in [0.2, 0.25) is 10.0 Å². The minimum atomic E-state index is -3.70. The maximum absolute atomic E-state index is 13.5. The molecule has 0 radical (unpaired) electrons. The number of rotatable bonds is 7. The number of hydrogen-bond acceptors (Lipinski definition) is 4. The third-order valence-electron chi connectivity index (χ3n) is 2.93. The second-order valence-corrected chi connectivity index (χ2v) is 7.28. The Balaban J connectivity index is 2.14. The first-order valence-corrected chi connectivity index (χ1v) is 8.92. The molecule has 21 heavy (non-hydrogen) atoms. The maximum atomic E-state index is 13.5. The van der Waals surface area contributed by atoms with Gasteiger partial charge in [0.25, 0.3) is 0 Å². The molecule has 0 unspecified atom stereocenters. The monoisotopic (exact) mass is 329 g/mol.